The van der Waals surface area contributed by atoms with Crippen LogP contribution in [0.5, 0.6) is 11.5 Å². The molecule has 0 saturated carbocycles. The maximum atomic E-state index is 6.23. The normalized spacial score (nSPS) is 10.7. The molecule has 0 atom stereocenters. The van der Waals surface area contributed by atoms with Gasteiger partial charge in [0.15, 0.2) is 11.5 Å². The van der Waals surface area contributed by atoms with Gasteiger partial charge in [0.25, 0.3) is 0 Å². The van der Waals surface area contributed by atoms with E-state index in [0.29, 0.717) is 19.0 Å². The van der Waals surface area contributed by atoms with Crippen molar-refractivity contribution in [3.8, 4) is 11.5 Å². The number of halogens is 1. The molecule has 0 radical (unpaired) electrons. The first-order chi connectivity index (χ1) is 12.1. The third-order valence-corrected chi connectivity index (χ3v) is 4.35. The lowest BCUT2D eigenvalue weighted by Gasteiger charge is -2.15. The van der Waals surface area contributed by atoms with E-state index in [-0.39, 0.29) is 0 Å². The van der Waals surface area contributed by atoms with Gasteiger partial charge in [0.05, 0.1) is 18.7 Å². The van der Waals surface area contributed by atoms with Gasteiger partial charge < -0.3 is 14.8 Å². The summed E-state index contributed by atoms with van der Waals surface area (Å²) in [4.78, 5) is 4.47. The molecule has 0 aliphatic heterocycles. The van der Waals surface area contributed by atoms with Crippen LogP contribution in [0.25, 0.3) is 10.9 Å². The average molecular weight is 357 g/mol. The molecule has 0 bridgehead atoms. The summed E-state index contributed by atoms with van der Waals surface area (Å²) in [7, 11) is 0. The van der Waals surface area contributed by atoms with E-state index in [9.17, 15) is 0 Å². The number of pyridine rings is 1. The van der Waals surface area contributed by atoms with Crippen LogP contribution in [0.4, 0.5) is 11.4 Å². The molecule has 0 saturated heterocycles. The number of rotatable bonds is 6. The lowest BCUT2D eigenvalue weighted by molar-refractivity contribution is 0.288. The number of hydrogen-bond acceptors (Lipinski definition) is 4. The molecule has 0 aliphatic carbocycles. The minimum absolute atomic E-state index is 0.571. The van der Waals surface area contributed by atoms with Crippen molar-refractivity contribution in [2.45, 2.75) is 20.8 Å². The lowest BCUT2D eigenvalue weighted by Crippen LogP contribution is -2.00. The third-order valence-electron chi connectivity index (χ3n) is 3.94. The van der Waals surface area contributed by atoms with Crippen LogP contribution in [0.3, 0.4) is 0 Å². The molecule has 1 aromatic heterocycles. The highest BCUT2D eigenvalue weighted by Gasteiger charge is 2.12. The lowest BCUT2D eigenvalue weighted by atomic mass is 10.1. The zero-order chi connectivity index (χ0) is 17.8. The Labute approximate surface area is 152 Å². The molecule has 0 fully saturated rings. The second-order valence-electron chi connectivity index (χ2n) is 5.58. The molecular weight excluding hydrogens is 336 g/mol. The predicted molar refractivity (Wildman–Crippen MR) is 104 cm³/mol. The Morgan fingerprint density at radius 1 is 1.00 bits per heavy atom. The van der Waals surface area contributed by atoms with E-state index >= 15 is 0 Å². The van der Waals surface area contributed by atoms with E-state index < -0.39 is 0 Å². The van der Waals surface area contributed by atoms with E-state index in [1.54, 1.807) is 6.20 Å². The predicted octanol–water partition coefficient (Wildman–Crippen LogP) is 5.74. The van der Waals surface area contributed by atoms with Crippen molar-refractivity contribution >= 4 is 33.9 Å². The summed E-state index contributed by atoms with van der Waals surface area (Å²) in [6, 6.07) is 11.7. The molecule has 3 aromatic rings. The van der Waals surface area contributed by atoms with Gasteiger partial charge in [-0.1, -0.05) is 17.7 Å². The Morgan fingerprint density at radius 3 is 2.44 bits per heavy atom. The van der Waals surface area contributed by atoms with Gasteiger partial charge in [0.1, 0.15) is 0 Å². The monoisotopic (exact) mass is 356 g/mol. The summed E-state index contributed by atoms with van der Waals surface area (Å²) in [5.41, 5.74) is 3.76. The minimum atomic E-state index is 0.571. The zero-order valence-corrected chi connectivity index (χ0v) is 15.4. The van der Waals surface area contributed by atoms with Crippen LogP contribution < -0.4 is 14.8 Å². The highest BCUT2D eigenvalue weighted by Crippen LogP contribution is 2.36. The standard InChI is InChI=1S/C20H21ClN2O2/c1-4-24-19-11-14-17(23-16-8-6-7-15(21)13(16)3)9-10-22-18(14)12-20(19)25-5-2/h6-12H,4-5H2,1-3H3,(H,22,23). The Morgan fingerprint density at radius 2 is 1.72 bits per heavy atom. The van der Waals surface area contributed by atoms with Crippen molar-refractivity contribution < 1.29 is 9.47 Å². The number of nitrogens with zero attached hydrogens (tertiary/aromatic N) is 1. The summed E-state index contributed by atoms with van der Waals surface area (Å²) < 4.78 is 11.4. The number of aromatic nitrogens is 1. The topological polar surface area (TPSA) is 43.4 Å². The summed E-state index contributed by atoms with van der Waals surface area (Å²) in [6.45, 7) is 7.05. The molecule has 0 aliphatic rings. The van der Waals surface area contributed by atoms with Gasteiger partial charge in [-0.05, 0) is 50.6 Å². The van der Waals surface area contributed by atoms with Gasteiger partial charge in [0.2, 0.25) is 0 Å². The first-order valence-electron chi connectivity index (χ1n) is 8.34. The van der Waals surface area contributed by atoms with Gasteiger partial charge in [-0.15, -0.1) is 0 Å². The Balaban J connectivity index is 2.09. The van der Waals surface area contributed by atoms with Crippen LogP contribution in [0.15, 0.2) is 42.6 Å². The zero-order valence-electron chi connectivity index (χ0n) is 14.6. The molecule has 5 heteroatoms. The molecule has 3 rings (SSSR count). The minimum Gasteiger partial charge on any atom is -0.490 e. The average Bonchev–Trinajstić information content (AvgIpc) is 2.60. The van der Waals surface area contributed by atoms with Gasteiger partial charge >= 0.3 is 0 Å². The number of ether oxygens (including phenoxy) is 2. The van der Waals surface area contributed by atoms with Crippen molar-refractivity contribution in [2.75, 3.05) is 18.5 Å². The van der Waals surface area contributed by atoms with Crippen molar-refractivity contribution in [3.05, 3.63) is 53.2 Å². The Bertz CT molecular complexity index is 896. The van der Waals surface area contributed by atoms with E-state index in [4.69, 9.17) is 21.1 Å². The van der Waals surface area contributed by atoms with Crippen LogP contribution in [0.1, 0.15) is 19.4 Å². The third kappa shape index (κ3) is 3.64. The van der Waals surface area contributed by atoms with Gasteiger partial charge in [-0.2, -0.15) is 0 Å². The fraction of sp³-hybridized carbons (Fsp3) is 0.250. The number of benzene rings is 2. The van der Waals surface area contributed by atoms with Gasteiger partial charge in [-0.3, -0.25) is 4.98 Å². The van der Waals surface area contributed by atoms with Gasteiger partial charge in [0, 0.05) is 34.0 Å². The molecule has 1 heterocycles. The smallest absolute Gasteiger partial charge is 0.163 e. The van der Waals surface area contributed by atoms with Crippen LogP contribution in [0, 0.1) is 6.92 Å². The van der Waals surface area contributed by atoms with Crippen molar-refractivity contribution in [3.63, 3.8) is 0 Å². The maximum absolute atomic E-state index is 6.23. The van der Waals surface area contributed by atoms with Crippen LogP contribution in [0.2, 0.25) is 5.02 Å². The van der Waals surface area contributed by atoms with Crippen molar-refractivity contribution in [2.24, 2.45) is 0 Å². The van der Waals surface area contributed by atoms with Crippen LogP contribution >= 0.6 is 11.6 Å². The largest absolute Gasteiger partial charge is 0.490 e. The van der Waals surface area contributed by atoms with Crippen LogP contribution in [-0.4, -0.2) is 18.2 Å². The molecule has 2 aromatic carbocycles. The molecule has 25 heavy (non-hydrogen) atoms. The number of nitrogens with one attached hydrogen (secondary N) is 1. The molecule has 0 spiro atoms. The molecule has 0 amide bonds. The highest BCUT2D eigenvalue weighted by atomic mass is 35.5. The van der Waals surface area contributed by atoms with E-state index in [2.05, 4.69) is 10.3 Å². The van der Waals surface area contributed by atoms with Crippen LogP contribution in [-0.2, 0) is 0 Å². The maximum Gasteiger partial charge on any atom is 0.163 e. The fourth-order valence-electron chi connectivity index (χ4n) is 2.69. The van der Waals surface area contributed by atoms with E-state index in [0.717, 1.165) is 38.6 Å². The first-order valence-corrected chi connectivity index (χ1v) is 8.72. The first kappa shape index (κ1) is 17.4. The summed E-state index contributed by atoms with van der Waals surface area (Å²) in [5, 5.41) is 5.16. The Kier molecular flexibility index (Phi) is 5.29. The number of anilines is 2. The molecule has 0 unspecified atom stereocenters. The number of fused-ring (bicyclic) bond motifs is 1. The van der Waals surface area contributed by atoms with Gasteiger partial charge in [-0.25, -0.2) is 0 Å². The summed E-state index contributed by atoms with van der Waals surface area (Å²) in [5.74, 6) is 1.43. The summed E-state index contributed by atoms with van der Waals surface area (Å²) >= 11 is 6.23. The quantitative estimate of drug-likeness (QED) is 0.611. The fourth-order valence-corrected chi connectivity index (χ4v) is 2.86. The second kappa shape index (κ2) is 7.62. The molecule has 1 N–H and O–H groups in total. The molecule has 130 valence electrons. The molecular formula is C20H21ClN2O2. The highest BCUT2D eigenvalue weighted by molar-refractivity contribution is 6.31. The SMILES string of the molecule is CCOc1cc2nccc(Nc3cccc(Cl)c3C)c2cc1OCC. The number of hydrogen-bond donors (Lipinski definition) is 1. The van der Waals surface area contributed by atoms with E-state index in [1.807, 2.05) is 57.2 Å². The Hall–Kier alpha value is -2.46. The van der Waals surface area contributed by atoms with Crippen molar-refractivity contribution in [1.29, 1.82) is 0 Å². The second-order valence-corrected chi connectivity index (χ2v) is 5.99. The van der Waals surface area contributed by atoms with Crippen molar-refractivity contribution in [1.82, 2.24) is 4.98 Å². The van der Waals surface area contributed by atoms with E-state index in [1.165, 1.54) is 0 Å². The summed E-state index contributed by atoms with van der Waals surface area (Å²) in [6.07, 6.45) is 1.78. The molecule has 4 nitrogen and oxygen atoms in total.